The van der Waals surface area contributed by atoms with Gasteiger partial charge >= 0.3 is 0 Å². The fourth-order valence-corrected chi connectivity index (χ4v) is 3.84. The maximum atomic E-state index is 12.6. The fraction of sp³-hybridized carbons (Fsp3) is 0.364. The van der Waals surface area contributed by atoms with Gasteiger partial charge in [-0.05, 0) is 43.5 Å². The third kappa shape index (κ3) is 4.37. The minimum Gasteiger partial charge on any atom is -0.355 e. The van der Waals surface area contributed by atoms with Gasteiger partial charge in [-0.1, -0.05) is 42.5 Å². The molecule has 0 saturated carbocycles. The van der Waals surface area contributed by atoms with Crippen molar-refractivity contribution in [3.63, 3.8) is 0 Å². The predicted molar refractivity (Wildman–Crippen MR) is 107 cm³/mol. The molecule has 27 heavy (non-hydrogen) atoms. The Morgan fingerprint density at radius 1 is 1.15 bits per heavy atom. The second kappa shape index (κ2) is 8.35. The summed E-state index contributed by atoms with van der Waals surface area (Å²) in [5.41, 5.74) is 3.33. The van der Waals surface area contributed by atoms with E-state index in [4.69, 9.17) is 0 Å². The van der Waals surface area contributed by atoms with Gasteiger partial charge in [0.05, 0.1) is 17.1 Å². The van der Waals surface area contributed by atoms with Crippen molar-refractivity contribution in [1.82, 2.24) is 20.2 Å². The highest BCUT2D eigenvalue weighted by molar-refractivity contribution is 5.82. The molecule has 1 aliphatic rings. The lowest BCUT2D eigenvalue weighted by molar-refractivity contribution is -0.125. The number of nitrogens with one attached hydrogen (secondary N) is 2. The van der Waals surface area contributed by atoms with Crippen LogP contribution in [0.2, 0.25) is 0 Å². The molecule has 5 nitrogen and oxygen atoms in total. The van der Waals surface area contributed by atoms with Crippen molar-refractivity contribution < 1.29 is 4.79 Å². The molecule has 0 spiro atoms. The summed E-state index contributed by atoms with van der Waals surface area (Å²) in [6.45, 7) is 2.52. The Balaban J connectivity index is 1.24. The number of amides is 1. The number of hydrogen-bond acceptors (Lipinski definition) is 3. The van der Waals surface area contributed by atoms with E-state index in [0.717, 1.165) is 55.6 Å². The summed E-state index contributed by atoms with van der Waals surface area (Å²) >= 11 is 0. The lowest BCUT2D eigenvalue weighted by atomic mass is 10.1. The van der Waals surface area contributed by atoms with Gasteiger partial charge in [-0.2, -0.15) is 0 Å². The molecule has 1 saturated heterocycles. The Hall–Kier alpha value is -2.66. The van der Waals surface area contributed by atoms with Crippen molar-refractivity contribution in [3.05, 3.63) is 66.0 Å². The quantitative estimate of drug-likeness (QED) is 0.634. The summed E-state index contributed by atoms with van der Waals surface area (Å²) in [5.74, 6) is 1.14. The molecule has 4 rings (SSSR count). The number of aryl methyl sites for hydroxylation is 1. The normalized spacial score (nSPS) is 17.4. The first-order chi connectivity index (χ1) is 13.3. The first-order valence-electron chi connectivity index (χ1n) is 9.79. The molecular formula is C22H26N4O. The molecule has 1 atom stereocenters. The van der Waals surface area contributed by atoms with Gasteiger partial charge in [0, 0.05) is 19.5 Å². The maximum Gasteiger partial charge on any atom is 0.237 e. The minimum atomic E-state index is -0.00333. The van der Waals surface area contributed by atoms with E-state index in [9.17, 15) is 4.79 Å². The van der Waals surface area contributed by atoms with Gasteiger partial charge in [0.15, 0.2) is 0 Å². The Labute approximate surface area is 159 Å². The van der Waals surface area contributed by atoms with Crippen LogP contribution in [0.25, 0.3) is 11.0 Å². The molecule has 3 aromatic rings. The lowest BCUT2D eigenvalue weighted by Gasteiger charge is -2.23. The number of carbonyl (C=O) groups excluding carboxylic acids is 1. The molecule has 1 aliphatic heterocycles. The largest absolute Gasteiger partial charge is 0.355 e. The van der Waals surface area contributed by atoms with Crippen LogP contribution in [0, 0.1) is 0 Å². The van der Waals surface area contributed by atoms with Gasteiger partial charge in [-0.25, -0.2) is 4.98 Å². The van der Waals surface area contributed by atoms with Crippen LogP contribution in [0.3, 0.4) is 0 Å². The van der Waals surface area contributed by atoms with E-state index < -0.39 is 0 Å². The number of para-hydroxylation sites is 2. The summed E-state index contributed by atoms with van der Waals surface area (Å²) < 4.78 is 0. The van der Waals surface area contributed by atoms with E-state index in [2.05, 4.69) is 44.5 Å². The fourth-order valence-electron chi connectivity index (χ4n) is 3.84. The van der Waals surface area contributed by atoms with Crippen LogP contribution in [-0.4, -0.2) is 39.9 Å². The van der Waals surface area contributed by atoms with Crippen molar-refractivity contribution in [2.45, 2.75) is 38.3 Å². The molecule has 2 heterocycles. The van der Waals surface area contributed by atoms with E-state index in [0.29, 0.717) is 6.54 Å². The maximum absolute atomic E-state index is 12.6. The highest BCUT2D eigenvalue weighted by Gasteiger charge is 2.30. The van der Waals surface area contributed by atoms with Crippen molar-refractivity contribution in [2.75, 3.05) is 13.1 Å². The third-order valence-electron chi connectivity index (χ3n) is 5.22. The van der Waals surface area contributed by atoms with Gasteiger partial charge in [0.1, 0.15) is 5.82 Å². The highest BCUT2D eigenvalue weighted by atomic mass is 16.2. The predicted octanol–water partition coefficient (Wildman–Crippen LogP) is 3.28. The lowest BCUT2D eigenvalue weighted by Crippen LogP contribution is -2.43. The summed E-state index contributed by atoms with van der Waals surface area (Å²) in [5, 5.41) is 3.12. The molecular weight excluding hydrogens is 336 g/mol. The van der Waals surface area contributed by atoms with Gasteiger partial charge in [-0.3, -0.25) is 9.69 Å². The molecule has 140 valence electrons. The zero-order valence-electron chi connectivity index (χ0n) is 15.5. The van der Waals surface area contributed by atoms with Crippen LogP contribution in [0.5, 0.6) is 0 Å². The molecule has 1 fully saturated rings. The zero-order chi connectivity index (χ0) is 18.5. The van der Waals surface area contributed by atoms with Crippen LogP contribution < -0.4 is 5.32 Å². The monoisotopic (exact) mass is 362 g/mol. The van der Waals surface area contributed by atoms with Gasteiger partial charge < -0.3 is 10.3 Å². The Morgan fingerprint density at radius 3 is 2.81 bits per heavy atom. The number of hydrogen-bond donors (Lipinski definition) is 2. The number of fused-ring (bicyclic) bond motifs is 1. The van der Waals surface area contributed by atoms with Gasteiger partial charge in [0.25, 0.3) is 0 Å². The molecule has 0 aliphatic carbocycles. The molecule has 0 radical (unpaired) electrons. The Morgan fingerprint density at radius 2 is 1.96 bits per heavy atom. The van der Waals surface area contributed by atoms with Gasteiger partial charge in [0.2, 0.25) is 5.91 Å². The number of likely N-dealkylation sites (tertiary alicyclic amines) is 1. The van der Waals surface area contributed by atoms with E-state index in [1.54, 1.807) is 0 Å². The molecule has 0 unspecified atom stereocenters. The van der Waals surface area contributed by atoms with Gasteiger partial charge in [-0.15, -0.1) is 0 Å². The molecule has 1 amide bonds. The van der Waals surface area contributed by atoms with E-state index in [-0.39, 0.29) is 11.9 Å². The average Bonchev–Trinajstić information content (AvgIpc) is 3.32. The van der Waals surface area contributed by atoms with Crippen molar-refractivity contribution in [2.24, 2.45) is 0 Å². The number of nitrogens with zero attached hydrogens (tertiary/aromatic N) is 2. The Kier molecular flexibility index (Phi) is 5.49. The zero-order valence-corrected chi connectivity index (χ0v) is 15.5. The standard InChI is InChI=1S/C22H26N4O/c27-22(20-12-7-15-26(20)16-17-8-2-1-3-9-17)23-14-6-13-21-24-18-10-4-5-11-19(18)25-21/h1-5,8-11,20H,6-7,12-16H2,(H,23,27)(H,24,25)/t20-/m0/s1. The van der Waals surface area contributed by atoms with Crippen molar-refractivity contribution in [3.8, 4) is 0 Å². The van der Waals surface area contributed by atoms with E-state index in [1.165, 1.54) is 5.56 Å². The second-order valence-corrected chi connectivity index (χ2v) is 7.21. The van der Waals surface area contributed by atoms with Crippen LogP contribution in [0.4, 0.5) is 0 Å². The van der Waals surface area contributed by atoms with E-state index in [1.807, 2.05) is 30.3 Å². The van der Waals surface area contributed by atoms with E-state index >= 15 is 0 Å². The van der Waals surface area contributed by atoms with Crippen LogP contribution in [0.1, 0.15) is 30.7 Å². The molecule has 2 aromatic carbocycles. The smallest absolute Gasteiger partial charge is 0.237 e. The Bertz CT molecular complexity index is 856. The second-order valence-electron chi connectivity index (χ2n) is 7.21. The third-order valence-corrected chi connectivity index (χ3v) is 5.22. The number of aromatic amines is 1. The molecule has 2 N–H and O–H groups in total. The minimum absolute atomic E-state index is 0.00333. The number of carbonyl (C=O) groups is 1. The summed E-state index contributed by atoms with van der Waals surface area (Å²) in [6.07, 6.45) is 3.76. The molecule has 5 heteroatoms. The van der Waals surface area contributed by atoms with Crippen molar-refractivity contribution >= 4 is 16.9 Å². The summed E-state index contributed by atoms with van der Waals surface area (Å²) in [4.78, 5) is 22.8. The topological polar surface area (TPSA) is 61.0 Å². The van der Waals surface area contributed by atoms with Crippen LogP contribution >= 0.6 is 0 Å². The first-order valence-corrected chi connectivity index (χ1v) is 9.79. The van der Waals surface area contributed by atoms with Crippen LogP contribution in [-0.2, 0) is 17.8 Å². The number of aromatic nitrogens is 2. The number of benzene rings is 2. The molecule has 1 aromatic heterocycles. The number of imidazole rings is 1. The number of rotatable bonds is 7. The van der Waals surface area contributed by atoms with Crippen molar-refractivity contribution in [1.29, 1.82) is 0 Å². The first kappa shape index (κ1) is 17.7. The average molecular weight is 362 g/mol. The summed E-state index contributed by atoms with van der Waals surface area (Å²) in [7, 11) is 0. The number of H-pyrrole nitrogens is 1. The molecule has 0 bridgehead atoms. The summed E-state index contributed by atoms with van der Waals surface area (Å²) in [6, 6.07) is 18.4. The highest BCUT2D eigenvalue weighted by Crippen LogP contribution is 2.20. The van der Waals surface area contributed by atoms with Crippen LogP contribution in [0.15, 0.2) is 54.6 Å². The SMILES string of the molecule is O=C(NCCCc1nc2ccccc2[nH]1)[C@@H]1CCCN1Cc1ccccc1.